The van der Waals surface area contributed by atoms with Gasteiger partial charge < -0.3 is 10.3 Å². The molecular weight excluding hydrogens is 222 g/mol. The van der Waals surface area contributed by atoms with Crippen molar-refractivity contribution in [1.82, 2.24) is 9.55 Å². The van der Waals surface area contributed by atoms with Crippen molar-refractivity contribution in [2.75, 3.05) is 5.73 Å². The van der Waals surface area contributed by atoms with Crippen LogP contribution in [0.5, 0.6) is 0 Å². The van der Waals surface area contributed by atoms with Gasteiger partial charge in [0.15, 0.2) is 0 Å². The Kier molecular flexibility index (Phi) is 5.24. The highest BCUT2D eigenvalue weighted by atomic mass is 15.2. The van der Waals surface area contributed by atoms with Crippen molar-refractivity contribution in [3.05, 3.63) is 11.5 Å². The number of unbranched alkanes of at least 4 members (excludes halogenated alkanes) is 4. The van der Waals surface area contributed by atoms with Crippen molar-refractivity contribution in [3.63, 3.8) is 0 Å². The monoisotopic (exact) mass is 251 g/mol. The Labute approximate surface area is 112 Å². The Morgan fingerprint density at radius 3 is 2.22 bits per heavy atom. The first-order valence-electron chi connectivity index (χ1n) is 7.22. The zero-order valence-electron chi connectivity index (χ0n) is 12.7. The van der Waals surface area contributed by atoms with Crippen LogP contribution in [0.4, 0.5) is 5.82 Å². The quantitative estimate of drug-likeness (QED) is 0.775. The third kappa shape index (κ3) is 3.76. The molecule has 0 unspecified atom stereocenters. The molecule has 0 aliphatic rings. The highest BCUT2D eigenvalue weighted by Crippen LogP contribution is 2.25. The van der Waals surface area contributed by atoms with Crippen molar-refractivity contribution in [2.45, 2.75) is 78.7 Å². The number of aryl methyl sites for hydroxylation is 2. The topological polar surface area (TPSA) is 43.8 Å². The average molecular weight is 251 g/mol. The minimum Gasteiger partial charge on any atom is -0.384 e. The number of rotatable bonds is 6. The van der Waals surface area contributed by atoms with E-state index in [2.05, 4.69) is 37.2 Å². The molecule has 0 saturated heterocycles. The summed E-state index contributed by atoms with van der Waals surface area (Å²) in [7, 11) is 0. The van der Waals surface area contributed by atoms with Gasteiger partial charge in [-0.2, -0.15) is 0 Å². The molecular formula is C15H29N3. The van der Waals surface area contributed by atoms with Gasteiger partial charge in [0.25, 0.3) is 0 Å². The van der Waals surface area contributed by atoms with Gasteiger partial charge in [-0.25, -0.2) is 4.98 Å². The van der Waals surface area contributed by atoms with E-state index in [-0.39, 0.29) is 5.54 Å². The number of nitrogen functional groups attached to an aromatic ring is 1. The maximum absolute atomic E-state index is 6.23. The Balaban J connectivity index is 2.63. The van der Waals surface area contributed by atoms with E-state index in [0.29, 0.717) is 0 Å². The van der Waals surface area contributed by atoms with Gasteiger partial charge in [-0.15, -0.1) is 0 Å². The Morgan fingerprint density at radius 1 is 1.11 bits per heavy atom. The summed E-state index contributed by atoms with van der Waals surface area (Å²) >= 11 is 0. The first-order chi connectivity index (χ1) is 8.38. The lowest BCUT2D eigenvalue weighted by Gasteiger charge is -2.24. The molecule has 3 heteroatoms. The van der Waals surface area contributed by atoms with Gasteiger partial charge in [-0.3, -0.25) is 0 Å². The first kappa shape index (κ1) is 15.1. The molecule has 0 aliphatic heterocycles. The van der Waals surface area contributed by atoms with E-state index in [1.54, 1.807) is 0 Å². The van der Waals surface area contributed by atoms with Crippen LogP contribution in [0.1, 0.15) is 71.3 Å². The maximum Gasteiger partial charge on any atom is 0.127 e. The average Bonchev–Trinajstić information content (AvgIpc) is 2.53. The molecule has 1 rings (SSSR count). The SMILES string of the molecule is CCCCCCCc1nc(C)n(C(C)(C)C)c1N. The molecule has 0 saturated carbocycles. The predicted octanol–water partition coefficient (Wildman–Crippen LogP) is 4.04. The molecule has 1 heterocycles. The van der Waals surface area contributed by atoms with E-state index in [1.165, 1.54) is 32.1 Å². The lowest BCUT2D eigenvalue weighted by Crippen LogP contribution is -2.24. The minimum atomic E-state index is 0.0155. The summed E-state index contributed by atoms with van der Waals surface area (Å²) in [4.78, 5) is 4.63. The van der Waals surface area contributed by atoms with Crippen LogP contribution < -0.4 is 5.73 Å². The molecule has 0 amide bonds. The van der Waals surface area contributed by atoms with Crippen molar-refractivity contribution in [3.8, 4) is 0 Å². The Hall–Kier alpha value is -0.990. The zero-order valence-corrected chi connectivity index (χ0v) is 12.7. The third-order valence-corrected chi connectivity index (χ3v) is 3.34. The number of nitrogens with zero attached hydrogens (tertiary/aromatic N) is 2. The van der Waals surface area contributed by atoms with E-state index in [0.717, 1.165) is 23.8 Å². The summed E-state index contributed by atoms with van der Waals surface area (Å²) in [5, 5.41) is 0. The van der Waals surface area contributed by atoms with Gasteiger partial charge in [0.05, 0.1) is 5.69 Å². The van der Waals surface area contributed by atoms with Crippen molar-refractivity contribution < 1.29 is 0 Å². The number of aromatic nitrogens is 2. The van der Waals surface area contributed by atoms with Crippen LogP contribution >= 0.6 is 0 Å². The van der Waals surface area contributed by atoms with Crippen LogP contribution in [-0.2, 0) is 12.0 Å². The lowest BCUT2D eigenvalue weighted by atomic mass is 10.1. The molecule has 0 atom stereocenters. The number of hydrogen-bond donors (Lipinski definition) is 1. The molecule has 0 spiro atoms. The lowest BCUT2D eigenvalue weighted by molar-refractivity contribution is 0.393. The van der Waals surface area contributed by atoms with Crippen molar-refractivity contribution in [2.24, 2.45) is 0 Å². The Bertz CT molecular complexity index is 372. The van der Waals surface area contributed by atoms with E-state index in [9.17, 15) is 0 Å². The summed E-state index contributed by atoms with van der Waals surface area (Å²) < 4.78 is 2.15. The van der Waals surface area contributed by atoms with Crippen molar-refractivity contribution in [1.29, 1.82) is 0 Å². The summed E-state index contributed by atoms with van der Waals surface area (Å²) in [6, 6.07) is 0. The van der Waals surface area contributed by atoms with Gasteiger partial charge in [0.2, 0.25) is 0 Å². The minimum absolute atomic E-state index is 0.0155. The molecule has 0 aromatic carbocycles. The van der Waals surface area contributed by atoms with Crippen molar-refractivity contribution >= 4 is 5.82 Å². The van der Waals surface area contributed by atoms with Crippen LogP contribution in [0.25, 0.3) is 0 Å². The van der Waals surface area contributed by atoms with E-state index < -0.39 is 0 Å². The second-order valence-electron chi connectivity index (χ2n) is 6.16. The Morgan fingerprint density at radius 2 is 1.72 bits per heavy atom. The predicted molar refractivity (Wildman–Crippen MR) is 78.8 cm³/mol. The van der Waals surface area contributed by atoms with Gasteiger partial charge in [-0.1, -0.05) is 32.6 Å². The summed E-state index contributed by atoms with van der Waals surface area (Å²) in [5.41, 5.74) is 7.33. The number of anilines is 1. The molecule has 0 radical (unpaired) electrons. The largest absolute Gasteiger partial charge is 0.384 e. The fraction of sp³-hybridized carbons (Fsp3) is 0.800. The molecule has 0 fully saturated rings. The van der Waals surface area contributed by atoms with Crippen LogP contribution in [0.3, 0.4) is 0 Å². The second kappa shape index (κ2) is 6.26. The summed E-state index contributed by atoms with van der Waals surface area (Å²) in [5.74, 6) is 1.89. The summed E-state index contributed by atoms with van der Waals surface area (Å²) in [6.07, 6.45) is 7.46. The highest BCUT2D eigenvalue weighted by molar-refractivity contribution is 5.39. The van der Waals surface area contributed by atoms with Gasteiger partial charge in [0.1, 0.15) is 11.6 Å². The van der Waals surface area contributed by atoms with Crippen LogP contribution in [0.15, 0.2) is 0 Å². The normalized spacial score (nSPS) is 12.1. The molecule has 104 valence electrons. The summed E-state index contributed by atoms with van der Waals surface area (Å²) in [6.45, 7) is 10.8. The third-order valence-electron chi connectivity index (χ3n) is 3.34. The number of imidazole rings is 1. The van der Waals surface area contributed by atoms with Gasteiger partial charge in [-0.05, 0) is 40.5 Å². The first-order valence-corrected chi connectivity index (χ1v) is 7.22. The molecule has 1 aromatic rings. The highest BCUT2D eigenvalue weighted by Gasteiger charge is 2.21. The molecule has 18 heavy (non-hydrogen) atoms. The molecule has 0 bridgehead atoms. The molecule has 2 N–H and O–H groups in total. The molecule has 0 aliphatic carbocycles. The maximum atomic E-state index is 6.23. The second-order valence-corrected chi connectivity index (χ2v) is 6.16. The van der Waals surface area contributed by atoms with E-state index in [1.807, 2.05) is 6.92 Å². The fourth-order valence-corrected chi connectivity index (χ4v) is 2.53. The molecule has 3 nitrogen and oxygen atoms in total. The van der Waals surface area contributed by atoms with E-state index >= 15 is 0 Å². The molecule has 1 aromatic heterocycles. The number of hydrogen-bond acceptors (Lipinski definition) is 2. The van der Waals surface area contributed by atoms with E-state index in [4.69, 9.17) is 5.73 Å². The smallest absolute Gasteiger partial charge is 0.127 e. The van der Waals surface area contributed by atoms with Crippen LogP contribution in [-0.4, -0.2) is 9.55 Å². The number of nitrogens with two attached hydrogens (primary N) is 1. The van der Waals surface area contributed by atoms with Crippen LogP contribution in [0, 0.1) is 6.92 Å². The van der Waals surface area contributed by atoms with Gasteiger partial charge >= 0.3 is 0 Å². The van der Waals surface area contributed by atoms with Crippen LogP contribution in [0.2, 0.25) is 0 Å². The van der Waals surface area contributed by atoms with Gasteiger partial charge in [0, 0.05) is 5.54 Å². The standard InChI is InChI=1S/C15H29N3/c1-6-7-8-9-10-11-13-14(16)18(12(2)17-13)15(3,4)5/h6-11,16H2,1-5H3. The zero-order chi connectivity index (χ0) is 13.8. The fourth-order valence-electron chi connectivity index (χ4n) is 2.53.